The molecule has 6 nitrogen and oxygen atoms in total. The molecule has 0 bridgehead atoms. The van der Waals surface area contributed by atoms with Crippen LogP contribution in [-0.4, -0.2) is 42.3 Å². The molecular weight excluding hydrogens is 210 g/mol. The summed E-state index contributed by atoms with van der Waals surface area (Å²) in [5, 5.41) is 17.2. The summed E-state index contributed by atoms with van der Waals surface area (Å²) in [6.45, 7) is 3.51. The molecule has 0 aromatic carbocycles. The highest BCUT2D eigenvalue weighted by Crippen LogP contribution is 2.01. The molecule has 16 heavy (non-hydrogen) atoms. The lowest BCUT2D eigenvalue weighted by Crippen LogP contribution is -2.51. The largest absolute Gasteiger partial charge is 0.480 e. The van der Waals surface area contributed by atoms with Gasteiger partial charge in [-0.05, 0) is 32.4 Å². The van der Waals surface area contributed by atoms with Crippen LogP contribution in [0.3, 0.4) is 0 Å². The lowest BCUT2D eigenvalue weighted by molar-refractivity contribution is -0.139. The second-order valence-corrected chi connectivity index (χ2v) is 3.94. The van der Waals surface area contributed by atoms with E-state index in [1.54, 1.807) is 6.92 Å². The second kappa shape index (κ2) is 6.32. The van der Waals surface area contributed by atoms with E-state index < -0.39 is 12.0 Å². The molecule has 0 saturated carbocycles. The summed E-state index contributed by atoms with van der Waals surface area (Å²) >= 11 is 0. The predicted molar refractivity (Wildman–Crippen MR) is 59.3 cm³/mol. The van der Waals surface area contributed by atoms with E-state index in [4.69, 9.17) is 5.11 Å². The van der Waals surface area contributed by atoms with Gasteiger partial charge in [0.1, 0.15) is 6.04 Å². The van der Waals surface area contributed by atoms with Crippen molar-refractivity contribution in [1.82, 2.24) is 16.0 Å². The van der Waals surface area contributed by atoms with Crippen LogP contribution < -0.4 is 16.0 Å². The zero-order valence-corrected chi connectivity index (χ0v) is 9.45. The fourth-order valence-corrected chi connectivity index (χ4v) is 1.69. The Morgan fingerprint density at radius 1 is 1.44 bits per heavy atom. The van der Waals surface area contributed by atoms with Crippen molar-refractivity contribution in [2.45, 2.75) is 38.3 Å². The lowest BCUT2D eigenvalue weighted by atomic mass is 10.1. The maximum Gasteiger partial charge on any atom is 0.326 e. The van der Waals surface area contributed by atoms with E-state index in [1.807, 2.05) is 0 Å². The van der Waals surface area contributed by atoms with Crippen molar-refractivity contribution < 1.29 is 14.7 Å². The molecule has 4 N–H and O–H groups in total. The van der Waals surface area contributed by atoms with E-state index in [0.717, 1.165) is 25.9 Å². The van der Waals surface area contributed by atoms with E-state index in [2.05, 4.69) is 16.0 Å². The quantitative estimate of drug-likeness (QED) is 0.542. The van der Waals surface area contributed by atoms with Gasteiger partial charge in [-0.15, -0.1) is 0 Å². The highest BCUT2D eigenvalue weighted by Gasteiger charge is 2.20. The number of piperidine rings is 1. The first kappa shape index (κ1) is 12.8. The second-order valence-electron chi connectivity index (χ2n) is 3.94. The zero-order chi connectivity index (χ0) is 12.0. The average Bonchev–Trinajstić information content (AvgIpc) is 2.27. The number of aliphatic carboxylic acids is 1. The highest BCUT2D eigenvalue weighted by molar-refractivity contribution is 5.82. The van der Waals surface area contributed by atoms with Gasteiger partial charge in [-0.1, -0.05) is 6.92 Å². The van der Waals surface area contributed by atoms with E-state index in [-0.39, 0.29) is 12.1 Å². The van der Waals surface area contributed by atoms with Gasteiger partial charge >= 0.3 is 12.0 Å². The summed E-state index contributed by atoms with van der Waals surface area (Å²) in [5.41, 5.74) is 0. The molecule has 1 saturated heterocycles. The van der Waals surface area contributed by atoms with E-state index in [1.165, 1.54) is 0 Å². The summed E-state index contributed by atoms with van der Waals surface area (Å²) in [6, 6.07) is -1.05. The molecule has 1 fully saturated rings. The van der Waals surface area contributed by atoms with Crippen LogP contribution in [0.2, 0.25) is 0 Å². The molecule has 2 amide bonds. The Hall–Kier alpha value is -1.30. The van der Waals surface area contributed by atoms with Gasteiger partial charge in [-0.2, -0.15) is 0 Å². The maximum absolute atomic E-state index is 11.5. The van der Waals surface area contributed by atoms with Crippen molar-refractivity contribution in [1.29, 1.82) is 0 Å². The molecule has 1 heterocycles. The first-order valence-electron chi connectivity index (χ1n) is 5.64. The fourth-order valence-electron chi connectivity index (χ4n) is 1.69. The normalized spacial score (nSPS) is 18.8. The number of carbonyl (C=O) groups excluding carboxylic acids is 1. The number of rotatable bonds is 4. The Balaban J connectivity index is 2.31. The zero-order valence-electron chi connectivity index (χ0n) is 9.45. The van der Waals surface area contributed by atoms with Crippen LogP contribution in [0.5, 0.6) is 0 Å². The van der Waals surface area contributed by atoms with Gasteiger partial charge in [0.25, 0.3) is 0 Å². The van der Waals surface area contributed by atoms with Gasteiger partial charge in [0.2, 0.25) is 0 Å². The Morgan fingerprint density at radius 2 is 2.06 bits per heavy atom. The van der Waals surface area contributed by atoms with Crippen molar-refractivity contribution in [2.24, 2.45) is 0 Å². The monoisotopic (exact) mass is 229 g/mol. The maximum atomic E-state index is 11.5. The number of urea groups is 1. The summed E-state index contributed by atoms with van der Waals surface area (Å²) in [5.74, 6) is -0.997. The number of carboxylic acid groups (broad SMARTS) is 1. The molecular formula is C10H19N3O3. The van der Waals surface area contributed by atoms with Crippen LogP contribution in [0.4, 0.5) is 4.79 Å². The van der Waals surface area contributed by atoms with Crippen molar-refractivity contribution in [3.8, 4) is 0 Å². The molecule has 1 aliphatic heterocycles. The predicted octanol–water partition coefficient (Wildman–Crippen LogP) is -0.0992. The molecule has 1 aliphatic rings. The minimum absolute atomic E-state index is 0.146. The third-order valence-electron chi connectivity index (χ3n) is 2.69. The van der Waals surface area contributed by atoms with Gasteiger partial charge in [0.15, 0.2) is 0 Å². The third kappa shape index (κ3) is 4.06. The first-order valence-corrected chi connectivity index (χ1v) is 5.64. The Labute approximate surface area is 94.8 Å². The number of nitrogens with one attached hydrogen (secondary N) is 3. The number of carboxylic acids is 1. The highest BCUT2D eigenvalue weighted by atomic mass is 16.4. The molecule has 1 atom stereocenters. The van der Waals surface area contributed by atoms with Crippen LogP contribution in [0.1, 0.15) is 26.2 Å². The van der Waals surface area contributed by atoms with Gasteiger partial charge in [0.05, 0.1) is 0 Å². The standard InChI is InChI=1S/C10H19N3O3/c1-2-8(9(14)15)13-10(16)12-7-3-5-11-6-4-7/h7-8,11H,2-6H2,1H3,(H,14,15)(H2,12,13,16). The minimum Gasteiger partial charge on any atom is -0.480 e. The van der Waals surface area contributed by atoms with Crippen LogP contribution >= 0.6 is 0 Å². The van der Waals surface area contributed by atoms with Crippen LogP contribution in [0.15, 0.2) is 0 Å². The van der Waals surface area contributed by atoms with Gasteiger partial charge in [0, 0.05) is 6.04 Å². The van der Waals surface area contributed by atoms with Crippen molar-refractivity contribution in [3.05, 3.63) is 0 Å². The van der Waals surface area contributed by atoms with E-state index in [0.29, 0.717) is 6.42 Å². The van der Waals surface area contributed by atoms with Crippen molar-refractivity contribution >= 4 is 12.0 Å². The van der Waals surface area contributed by atoms with Crippen molar-refractivity contribution in [3.63, 3.8) is 0 Å². The molecule has 1 unspecified atom stereocenters. The van der Waals surface area contributed by atoms with Crippen LogP contribution in [0.25, 0.3) is 0 Å². The Kier molecular flexibility index (Phi) is 5.04. The molecule has 0 aliphatic carbocycles. The number of hydrogen-bond donors (Lipinski definition) is 4. The number of carbonyl (C=O) groups is 2. The van der Waals surface area contributed by atoms with E-state index >= 15 is 0 Å². The van der Waals surface area contributed by atoms with Gasteiger partial charge < -0.3 is 21.1 Å². The average molecular weight is 229 g/mol. The molecule has 0 aromatic heterocycles. The Morgan fingerprint density at radius 3 is 2.56 bits per heavy atom. The van der Waals surface area contributed by atoms with E-state index in [9.17, 15) is 9.59 Å². The molecule has 6 heteroatoms. The van der Waals surface area contributed by atoms with Crippen molar-refractivity contribution in [2.75, 3.05) is 13.1 Å². The Bertz CT molecular complexity index is 252. The SMILES string of the molecule is CCC(NC(=O)NC1CCNCC1)C(=O)O. The fraction of sp³-hybridized carbons (Fsp3) is 0.800. The molecule has 0 spiro atoms. The summed E-state index contributed by atoms with van der Waals surface area (Å²) < 4.78 is 0. The number of amides is 2. The molecule has 92 valence electrons. The summed E-state index contributed by atoms with van der Waals surface area (Å²) in [4.78, 5) is 22.2. The molecule has 0 aromatic rings. The topological polar surface area (TPSA) is 90.5 Å². The smallest absolute Gasteiger partial charge is 0.326 e. The molecule has 0 radical (unpaired) electrons. The van der Waals surface area contributed by atoms with Gasteiger partial charge in [-0.3, -0.25) is 0 Å². The number of hydrogen-bond acceptors (Lipinski definition) is 3. The summed E-state index contributed by atoms with van der Waals surface area (Å²) in [7, 11) is 0. The first-order chi connectivity index (χ1) is 7.63. The van der Waals surface area contributed by atoms with Crippen LogP contribution in [-0.2, 0) is 4.79 Å². The summed E-state index contributed by atoms with van der Waals surface area (Å²) in [6.07, 6.45) is 2.16. The lowest BCUT2D eigenvalue weighted by Gasteiger charge is -2.24. The molecule has 1 rings (SSSR count). The third-order valence-corrected chi connectivity index (χ3v) is 2.69. The van der Waals surface area contributed by atoms with Crippen LogP contribution in [0, 0.1) is 0 Å². The minimum atomic E-state index is -0.997. The van der Waals surface area contributed by atoms with Gasteiger partial charge in [-0.25, -0.2) is 9.59 Å².